The van der Waals surface area contributed by atoms with Crippen molar-refractivity contribution in [2.24, 2.45) is 5.10 Å². The Balaban J connectivity index is 1.86. The van der Waals surface area contributed by atoms with E-state index in [0.717, 1.165) is 16.8 Å². The van der Waals surface area contributed by atoms with E-state index in [1.807, 2.05) is 0 Å². The minimum absolute atomic E-state index is 0.000104. The van der Waals surface area contributed by atoms with Crippen LogP contribution in [0, 0.1) is 0 Å². The van der Waals surface area contributed by atoms with Gasteiger partial charge < -0.3 is 4.74 Å². The van der Waals surface area contributed by atoms with E-state index >= 15 is 0 Å². The number of rotatable bonds is 6. The van der Waals surface area contributed by atoms with Crippen LogP contribution in [0.25, 0.3) is 22.3 Å². The Labute approximate surface area is 187 Å². The normalized spacial score (nSPS) is 11.7. The van der Waals surface area contributed by atoms with Crippen LogP contribution in [-0.2, 0) is 6.18 Å². The zero-order valence-electron chi connectivity index (χ0n) is 17.3. The van der Waals surface area contributed by atoms with E-state index in [9.17, 15) is 18.0 Å². The molecule has 0 bridgehead atoms. The second kappa shape index (κ2) is 9.12. The molecule has 3 aromatic carbocycles. The molecule has 0 aliphatic heterocycles. The second-order valence-corrected chi connectivity index (χ2v) is 7.06. The van der Waals surface area contributed by atoms with Gasteiger partial charge in [-0.3, -0.25) is 4.79 Å². The second-order valence-electron chi connectivity index (χ2n) is 7.06. The van der Waals surface area contributed by atoms with Crippen LogP contribution in [0.4, 0.5) is 13.2 Å². The number of fused-ring (bicyclic) bond motifs is 1. The summed E-state index contributed by atoms with van der Waals surface area (Å²) in [6.07, 6.45) is -1.49. The number of halogens is 3. The van der Waals surface area contributed by atoms with Gasteiger partial charge >= 0.3 is 6.18 Å². The summed E-state index contributed by atoms with van der Waals surface area (Å²) in [6, 6.07) is 18.3. The van der Waals surface area contributed by atoms with Gasteiger partial charge in [0.2, 0.25) is 0 Å². The first kappa shape index (κ1) is 22.0. The summed E-state index contributed by atoms with van der Waals surface area (Å²) in [7, 11) is 0. The zero-order chi connectivity index (χ0) is 23.4. The fourth-order valence-electron chi connectivity index (χ4n) is 3.22. The minimum atomic E-state index is -4.53. The average molecular weight is 449 g/mol. The highest BCUT2D eigenvalue weighted by Gasteiger charge is 2.30. The van der Waals surface area contributed by atoms with Crippen LogP contribution in [0.3, 0.4) is 0 Å². The molecule has 0 spiro atoms. The van der Waals surface area contributed by atoms with E-state index in [0.29, 0.717) is 28.8 Å². The molecule has 0 aliphatic carbocycles. The quantitative estimate of drug-likeness (QED) is 0.287. The lowest BCUT2D eigenvalue weighted by Crippen LogP contribution is -2.20. The van der Waals surface area contributed by atoms with E-state index in [2.05, 4.69) is 16.7 Å². The van der Waals surface area contributed by atoms with Gasteiger partial charge in [0.05, 0.1) is 22.7 Å². The molecule has 0 fully saturated rings. The van der Waals surface area contributed by atoms with Gasteiger partial charge in [0.15, 0.2) is 5.82 Å². The highest BCUT2D eigenvalue weighted by atomic mass is 19.4. The van der Waals surface area contributed by atoms with E-state index in [1.165, 1.54) is 18.3 Å². The van der Waals surface area contributed by atoms with Gasteiger partial charge in [-0.2, -0.15) is 22.9 Å². The molecular weight excluding hydrogens is 431 g/mol. The maximum absolute atomic E-state index is 13.3. The lowest BCUT2D eigenvalue weighted by molar-refractivity contribution is -0.137. The van der Waals surface area contributed by atoms with Crippen molar-refractivity contribution in [3.8, 4) is 17.1 Å². The van der Waals surface area contributed by atoms with Crippen molar-refractivity contribution in [3.05, 3.63) is 107 Å². The third-order valence-electron chi connectivity index (χ3n) is 4.75. The van der Waals surface area contributed by atoms with Crippen molar-refractivity contribution >= 4 is 17.1 Å². The van der Waals surface area contributed by atoms with Crippen LogP contribution in [0.2, 0.25) is 0 Å². The van der Waals surface area contributed by atoms with Gasteiger partial charge in [0, 0.05) is 5.56 Å². The molecule has 0 saturated carbocycles. The number of ether oxygens (including phenoxy) is 1. The van der Waals surface area contributed by atoms with Crippen LogP contribution in [0.1, 0.15) is 11.1 Å². The lowest BCUT2D eigenvalue weighted by atomic mass is 10.1. The molecule has 1 aromatic heterocycles. The number of para-hydroxylation sites is 1. The van der Waals surface area contributed by atoms with Crippen molar-refractivity contribution in [1.82, 2.24) is 9.66 Å². The number of alkyl halides is 3. The fraction of sp³-hybridized carbons (Fsp3) is 0.0800. The monoisotopic (exact) mass is 449 g/mol. The maximum atomic E-state index is 13.3. The van der Waals surface area contributed by atoms with Crippen molar-refractivity contribution in [2.45, 2.75) is 6.18 Å². The van der Waals surface area contributed by atoms with Gasteiger partial charge in [-0.15, -0.1) is 0 Å². The van der Waals surface area contributed by atoms with Crippen LogP contribution >= 0.6 is 0 Å². The van der Waals surface area contributed by atoms with Crippen molar-refractivity contribution in [3.63, 3.8) is 0 Å². The standard InChI is InChI=1S/C25H18F3N3O2/c1-2-13-33-20-10-5-7-17(14-20)16-29-31-23(18-8-6-9-19(15-18)25(26,27)28)30-22-12-4-3-11-21(22)24(31)32/h2-12,14-16H,1,13H2. The van der Waals surface area contributed by atoms with E-state index in [4.69, 9.17) is 4.74 Å². The van der Waals surface area contributed by atoms with Crippen molar-refractivity contribution < 1.29 is 17.9 Å². The Morgan fingerprint density at radius 3 is 2.61 bits per heavy atom. The Morgan fingerprint density at radius 1 is 1.03 bits per heavy atom. The predicted octanol–water partition coefficient (Wildman–Crippen LogP) is 5.53. The predicted molar refractivity (Wildman–Crippen MR) is 122 cm³/mol. The SMILES string of the molecule is C=CCOc1cccc(C=Nn2c(-c3cccc(C(F)(F)F)c3)nc3ccccc3c2=O)c1. The summed E-state index contributed by atoms with van der Waals surface area (Å²) in [6.45, 7) is 3.93. The van der Waals surface area contributed by atoms with E-state index in [-0.39, 0.29) is 11.4 Å². The molecule has 0 atom stereocenters. The average Bonchev–Trinajstić information content (AvgIpc) is 2.82. The zero-order valence-corrected chi connectivity index (χ0v) is 17.3. The van der Waals surface area contributed by atoms with Gasteiger partial charge in [-0.1, -0.05) is 49.1 Å². The van der Waals surface area contributed by atoms with Crippen LogP contribution in [-0.4, -0.2) is 22.5 Å². The van der Waals surface area contributed by atoms with E-state index in [1.54, 1.807) is 54.6 Å². The molecule has 166 valence electrons. The molecular formula is C25H18F3N3O2. The van der Waals surface area contributed by atoms with Crippen LogP contribution in [0.15, 0.2) is 95.3 Å². The van der Waals surface area contributed by atoms with Crippen LogP contribution < -0.4 is 10.3 Å². The molecule has 0 radical (unpaired) electrons. The largest absolute Gasteiger partial charge is 0.490 e. The summed E-state index contributed by atoms with van der Waals surface area (Å²) >= 11 is 0. The Hall–Kier alpha value is -4.20. The Morgan fingerprint density at radius 2 is 1.82 bits per heavy atom. The topological polar surface area (TPSA) is 56.5 Å². The molecule has 0 amide bonds. The highest BCUT2D eigenvalue weighted by molar-refractivity contribution is 5.82. The molecule has 0 N–H and O–H groups in total. The third kappa shape index (κ3) is 4.85. The summed E-state index contributed by atoms with van der Waals surface area (Å²) in [5, 5.41) is 4.57. The fourth-order valence-corrected chi connectivity index (χ4v) is 3.22. The Kier molecular flexibility index (Phi) is 6.08. The molecule has 4 rings (SSSR count). The molecule has 0 saturated heterocycles. The minimum Gasteiger partial charge on any atom is -0.490 e. The first-order valence-corrected chi connectivity index (χ1v) is 9.94. The molecule has 1 heterocycles. The van der Waals surface area contributed by atoms with Crippen molar-refractivity contribution in [2.75, 3.05) is 6.61 Å². The molecule has 8 heteroatoms. The first-order chi connectivity index (χ1) is 15.9. The smallest absolute Gasteiger partial charge is 0.416 e. The number of hydrogen-bond acceptors (Lipinski definition) is 4. The highest BCUT2D eigenvalue weighted by Crippen LogP contribution is 2.31. The summed E-state index contributed by atoms with van der Waals surface area (Å²) in [5.74, 6) is 0.584. The number of benzene rings is 3. The van der Waals surface area contributed by atoms with Gasteiger partial charge in [0.1, 0.15) is 12.4 Å². The first-order valence-electron chi connectivity index (χ1n) is 9.94. The molecule has 4 aromatic rings. The number of hydrogen-bond donors (Lipinski definition) is 0. The lowest BCUT2D eigenvalue weighted by Gasteiger charge is -2.12. The van der Waals surface area contributed by atoms with Gasteiger partial charge in [0.25, 0.3) is 5.56 Å². The van der Waals surface area contributed by atoms with Crippen LogP contribution in [0.5, 0.6) is 5.75 Å². The number of nitrogens with zero attached hydrogens (tertiary/aromatic N) is 3. The maximum Gasteiger partial charge on any atom is 0.416 e. The summed E-state index contributed by atoms with van der Waals surface area (Å²) in [5.41, 5.74) is -0.228. The molecule has 5 nitrogen and oxygen atoms in total. The van der Waals surface area contributed by atoms with Gasteiger partial charge in [-0.05, 0) is 42.0 Å². The van der Waals surface area contributed by atoms with Crippen molar-refractivity contribution in [1.29, 1.82) is 0 Å². The molecule has 33 heavy (non-hydrogen) atoms. The third-order valence-corrected chi connectivity index (χ3v) is 4.75. The molecule has 0 aliphatic rings. The van der Waals surface area contributed by atoms with E-state index < -0.39 is 17.3 Å². The number of aromatic nitrogens is 2. The van der Waals surface area contributed by atoms with Gasteiger partial charge in [-0.25, -0.2) is 4.98 Å². The summed E-state index contributed by atoms with van der Waals surface area (Å²) < 4.78 is 46.3. The summed E-state index contributed by atoms with van der Waals surface area (Å²) in [4.78, 5) is 17.6. The Bertz CT molecular complexity index is 1410. The molecule has 0 unspecified atom stereocenters.